The summed E-state index contributed by atoms with van der Waals surface area (Å²) in [7, 11) is 0. The number of benzene rings is 1. The number of aromatic amines is 1. The van der Waals surface area contributed by atoms with Crippen LogP contribution in [-0.4, -0.2) is 20.6 Å². The van der Waals surface area contributed by atoms with Crippen LogP contribution in [0.15, 0.2) is 33.9 Å². The average molecular weight is 275 g/mol. The van der Waals surface area contributed by atoms with Gasteiger partial charge in [-0.2, -0.15) is 0 Å². The zero-order valence-electron chi connectivity index (χ0n) is 10.7. The summed E-state index contributed by atoms with van der Waals surface area (Å²) in [5, 5.41) is 10.1. The Hall–Kier alpha value is -2.83. The van der Waals surface area contributed by atoms with Crippen LogP contribution >= 0.6 is 0 Å². The zero-order valence-corrected chi connectivity index (χ0v) is 10.7. The van der Waals surface area contributed by atoms with E-state index in [1.54, 1.807) is 6.92 Å². The van der Waals surface area contributed by atoms with Gasteiger partial charge in [-0.15, -0.1) is 0 Å². The molecule has 4 N–H and O–H groups in total. The fraction of sp³-hybridized carbons (Fsp3) is 0.154. The first-order valence-corrected chi connectivity index (χ1v) is 5.93. The van der Waals surface area contributed by atoms with E-state index in [1.165, 1.54) is 24.3 Å². The number of hydrogen-bond acceptors (Lipinski definition) is 4. The van der Waals surface area contributed by atoms with Crippen LogP contribution in [0.1, 0.15) is 22.8 Å². The molecule has 0 unspecified atom stereocenters. The monoisotopic (exact) mass is 275 g/mol. The summed E-state index contributed by atoms with van der Waals surface area (Å²) in [5.41, 5.74) is 4.29. The van der Waals surface area contributed by atoms with Crippen molar-refractivity contribution in [1.82, 2.24) is 9.55 Å². The number of nitrogens with one attached hydrogen (secondary N) is 1. The SMILES string of the molecule is CCc1c(O)n(-c2cccc(C(N)=O)c2)c(=O)[nH]c1=O. The minimum Gasteiger partial charge on any atom is -0.494 e. The lowest BCUT2D eigenvalue weighted by Crippen LogP contribution is -2.31. The van der Waals surface area contributed by atoms with Gasteiger partial charge in [0.25, 0.3) is 5.56 Å². The van der Waals surface area contributed by atoms with Crippen LogP contribution < -0.4 is 17.0 Å². The second-order valence-corrected chi connectivity index (χ2v) is 4.16. The van der Waals surface area contributed by atoms with Gasteiger partial charge >= 0.3 is 5.69 Å². The van der Waals surface area contributed by atoms with E-state index >= 15 is 0 Å². The van der Waals surface area contributed by atoms with Gasteiger partial charge in [-0.25, -0.2) is 9.36 Å². The lowest BCUT2D eigenvalue weighted by Gasteiger charge is -2.11. The molecule has 0 bridgehead atoms. The lowest BCUT2D eigenvalue weighted by atomic mass is 10.2. The highest BCUT2D eigenvalue weighted by molar-refractivity contribution is 5.93. The van der Waals surface area contributed by atoms with E-state index in [4.69, 9.17) is 5.73 Å². The summed E-state index contributed by atoms with van der Waals surface area (Å²) in [4.78, 5) is 36.7. The van der Waals surface area contributed by atoms with Crippen molar-refractivity contribution in [3.8, 4) is 11.6 Å². The largest absolute Gasteiger partial charge is 0.494 e. The number of amides is 1. The van der Waals surface area contributed by atoms with Crippen molar-refractivity contribution >= 4 is 5.91 Å². The van der Waals surface area contributed by atoms with E-state index in [1.807, 2.05) is 0 Å². The third-order valence-electron chi connectivity index (χ3n) is 2.92. The zero-order chi connectivity index (χ0) is 14.9. The van der Waals surface area contributed by atoms with Gasteiger partial charge in [0.15, 0.2) is 0 Å². The van der Waals surface area contributed by atoms with Crippen LogP contribution in [0.3, 0.4) is 0 Å². The first kappa shape index (κ1) is 13.6. The van der Waals surface area contributed by atoms with Gasteiger partial charge in [-0.1, -0.05) is 13.0 Å². The first-order valence-electron chi connectivity index (χ1n) is 5.93. The Kier molecular flexibility index (Phi) is 3.43. The molecule has 1 aromatic heterocycles. The quantitative estimate of drug-likeness (QED) is 0.724. The molecule has 1 heterocycles. The van der Waals surface area contributed by atoms with Gasteiger partial charge in [0.2, 0.25) is 11.8 Å². The van der Waals surface area contributed by atoms with Crippen LogP contribution in [0.25, 0.3) is 5.69 Å². The summed E-state index contributed by atoms with van der Waals surface area (Å²) in [5.74, 6) is -1.10. The molecule has 20 heavy (non-hydrogen) atoms. The van der Waals surface area contributed by atoms with E-state index in [2.05, 4.69) is 4.98 Å². The molecule has 0 aliphatic rings. The highest BCUT2D eigenvalue weighted by Crippen LogP contribution is 2.17. The maximum atomic E-state index is 11.8. The molecule has 1 amide bonds. The van der Waals surface area contributed by atoms with E-state index in [0.717, 1.165) is 4.57 Å². The van der Waals surface area contributed by atoms with Gasteiger partial charge < -0.3 is 10.8 Å². The molecule has 0 radical (unpaired) electrons. The van der Waals surface area contributed by atoms with Crippen LogP contribution in [0, 0.1) is 0 Å². The highest BCUT2D eigenvalue weighted by atomic mass is 16.3. The Morgan fingerprint density at radius 2 is 2.10 bits per heavy atom. The normalized spacial score (nSPS) is 10.4. The van der Waals surface area contributed by atoms with Crippen molar-refractivity contribution in [1.29, 1.82) is 0 Å². The van der Waals surface area contributed by atoms with E-state index in [0.29, 0.717) is 0 Å². The van der Waals surface area contributed by atoms with Crippen LogP contribution in [0.2, 0.25) is 0 Å². The number of nitrogens with two attached hydrogens (primary N) is 1. The molecule has 0 saturated heterocycles. The molecule has 7 nitrogen and oxygen atoms in total. The average Bonchev–Trinajstić information content (AvgIpc) is 2.39. The molecule has 1 aromatic carbocycles. The minimum absolute atomic E-state index is 0.0917. The number of carbonyl (C=O) groups is 1. The van der Waals surface area contributed by atoms with Crippen molar-refractivity contribution in [2.75, 3.05) is 0 Å². The number of carbonyl (C=O) groups excluding carboxylic acids is 1. The van der Waals surface area contributed by atoms with Crippen LogP contribution in [0.5, 0.6) is 5.88 Å². The van der Waals surface area contributed by atoms with Gasteiger partial charge in [0, 0.05) is 5.56 Å². The predicted octanol–water partition coefficient (Wildman–Crippen LogP) is -0.107. The Morgan fingerprint density at radius 3 is 2.70 bits per heavy atom. The summed E-state index contributed by atoms with van der Waals surface area (Å²) in [6.07, 6.45) is 0.261. The number of rotatable bonds is 3. The fourth-order valence-electron chi connectivity index (χ4n) is 1.92. The molecule has 0 saturated carbocycles. The van der Waals surface area contributed by atoms with Gasteiger partial charge in [-0.3, -0.25) is 14.6 Å². The van der Waals surface area contributed by atoms with E-state index in [9.17, 15) is 19.5 Å². The molecule has 0 fully saturated rings. The number of aromatic hydroxyl groups is 1. The molecule has 0 aliphatic heterocycles. The van der Waals surface area contributed by atoms with Gasteiger partial charge in [-0.05, 0) is 24.6 Å². The predicted molar refractivity (Wildman–Crippen MR) is 72.2 cm³/mol. The fourth-order valence-corrected chi connectivity index (χ4v) is 1.92. The number of primary amides is 1. The number of H-pyrrole nitrogens is 1. The molecule has 104 valence electrons. The topological polar surface area (TPSA) is 118 Å². The number of nitrogens with zero attached hydrogens (tertiary/aromatic N) is 1. The van der Waals surface area contributed by atoms with Crippen molar-refractivity contribution < 1.29 is 9.90 Å². The molecule has 2 aromatic rings. The van der Waals surface area contributed by atoms with Crippen molar-refractivity contribution in [2.45, 2.75) is 13.3 Å². The molecule has 7 heteroatoms. The second-order valence-electron chi connectivity index (χ2n) is 4.16. The summed E-state index contributed by atoms with van der Waals surface area (Å²) < 4.78 is 0.923. The summed E-state index contributed by atoms with van der Waals surface area (Å²) in [6.45, 7) is 1.68. The van der Waals surface area contributed by atoms with Crippen LogP contribution in [0.4, 0.5) is 0 Å². The molecule has 0 aliphatic carbocycles. The third kappa shape index (κ3) is 2.20. The van der Waals surface area contributed by atoms with Crippen molar-refractivity contribution in [3.05, 3.63) is 56.2 Å². The first-order chi connectivity index (χ1) is 9.45. The third-order valence-corrected chi connectivity index (χ3v) is 2.92. The number of hydrogen-bond donors (Lipinski definition) is 3. The molecule has 0 spiro atoms. The molecule has 0 atom stereocenters. The van der Waals surface area contributed by atoms with Gasteiger partial charge in [0.1, 0.15) is 0 Å². The Labute approximate surface area is 113 Å². The molecular formula is C13H13N3O4. The van der Waals surface area contributed by atoms with Crippen molar-refractivity contribution in [2.24, 2.45) is 5.73 Å². The molecule has 2 rings (SSSR count). The van der Waals surface area contributed by atoms with Gasteiger partial charge in [0.05, 0.1) is 11.3 Å². The molecular weight excluding hydrogens is 262 g/mol. The Bertz CT molecular complexity index is 789. The van der Waals surface area contributed by atoms with E-state index < -0.39 is 23.0 Å². The standard InChI is InChI=1S/C13H13N3O4/c1-2-9-11(18)15-13(20)16(12(9)19)8-5-3-4-7(6-8)10(14)17/h3-6,19H,2H2,1H3,(H2,14,17)(H,15,18,20). The minimum atomic E-state index is -0.786. The Balaban J connectivity index is 2.76. The maximum Gasteiger partial charge on any atom is 0.335 e. The lowest BCUT2D eigenvalue weighted by molar-refractivity contribution is 0.1000. The smallest absolute Gasteiger partial charge is 0.335 e. The van der Waals surface area contributed by atoms with E-state index in [-0.39, 0.29) is 23.2 Å². The number of aromatic nitrogens is 2. The van der Waals surface area contributed by atoms with Crippen LogP contribution in [-0.2, 0) is 6.42 Å². The summed E-state index contributed by atoms with van der Waals surface area (Å²) in [6, 6.07) is 5.89. The maximum absolute atomic E-state index is 11.8. The highest BCUT2D eigenvalue weighted by Gasteiger charge is 2.14. The van der Waals surface area contributed by atoms with Crippen molar-refractivity contribution in [3.63, 3.8) is 0 Å². The second kappa shape index (κ2) is 5.04. The summed E-state index contributed by atoms with van der Waals surface area (Å²) >= 11 is 0. The Morgan fingerprint density at radius 1 is 1.40 bits per heavy atom.